The third-order valence-electron chi connectivity index (χ3n) is 2.96. The number of anilines is 1. The van der Waals surface area contributed by atoms with Crippen molar-refractivity contribution >= 4 is 17.0 Å². The highest BCUT2D eigenvalue weighted by atomic mass is 32.1. The first-order valence-corrected chi connectivity index (χ1v) is 6.58. The van der Waals surface area contributed by atoms with Crippen molar-refractivity contribution in [1.29, 1.82) is 0 Å². The van der Waals surface area contributed by atoms with Crippen LogP contribution in [0.15, 0.2) is 35.7 Å². The van der Waals surface area contributed by atoms with Crippen LogP contribution in [-0.2, 0) is 0 Å². The van der Waals surface area contributed by atoms with E-state index in [0.29, 0.717) is 6.54 Å². The topological polar surface area (TPSA) is 32.3 Å². The molecule has 1 heterocycles. The molecule has 0 radical (unpaired) electrons. The third-order valence-corrected chi connectivity index (χ3v) is 3.94. The summed E-state index contributed by atoms with van der Waals surface area (Å²) in [6.45, 7) is 4.73. The van der Waals surface area contributed by atoms with E-state index in [0.717, 1.165) is 10.6 Å². The summed E-state index contributed by atoms with van der Waals surface area (Å²) < 4.78 is 0. The lowest BCUT2D eigenvalue weighted by molar-refractivity contribution is 0.195. The maximum Gasteiger partial charge on any atom is 0.105 e. The van der Waals surface area contributed by atoms with Gasteiger partial charge in [0.05, 0.1) is 0 Å². The Kier molecular flexibility index (Phi) is 3.82. The molecule has 0 amide bonds. The zero-order valence-electron chi connectivity index (χ0n) is 10.1. The van der Waals surface area contributed by atoms with Crippen molar-refractivity contribution in [2.75, 3.05) is 11.9 Å². The molecule has 90 valence electrons. The summed E-state index contributed by atoms with van der Waals surface area (Å²) in [5.41, 5.74) is 3.60. The van der Waals surface area contributed by atoms with Crippen molar-refractivity contribution in [3.63, 3.8) is 0 Å². The summed E-state index contributed by atoms with van der Waals surface area (Å²) in [6, 6.07) is 10.1. The first-order valence-electron chi connectivity index (χ1n) is 5.70. The highest BCUT2D eigenvalue weighted by molar-refractivity contribution is 7.10. The van der Waals surface area contributed by atoms with Gasteiger partial charge in [-0.1, -0.05) is 18.2 Å². The zero-order valence-corrected chi connectivity index (χ0v) is 10.9. The fraction of sp³-hybridized carbons (Fsp3) is 0.286. The number of rotatable bonds is 4. The lowest BCUT2D eigenvalue weighted by Crippen LogP contribution is -2.11. The Hall–Kier alpha value is -1.32. The van der Waals surface area contributed by atoms with Gasteiger partial charge in [0.2, 0.25) is 0 Å². The normalized spacial score (nSPS) is 12.4. The van der Waals surface area contributed by atoms with Gasteiger partial charge in [0, 0.05) is 17.1 Å². The lowest BCUT2D eigenvalue weighted by atomic mass is 10.1. The standard InChI is InChI=1S/C14H17NOS/c1-10-5-3-6-12(11(10)2)15-9-13(16)14-7-4-8-17-14/h3-8,13,15-16H,9H2,1-2H3. The highest BCUT2D eigenvalue weighted by Gasteiger charge is 2.08. The Labute approximate surface area is 106 Å². The lowest BCUT2D eigenvalue weighted by Gasteiger charge is -2.14. The summed E-state index contributed by atoms with van der Waals surface area (Å²) in [4.78, 5) is 1.00. The molecule has 0 aliphatic carbocycles. The summed E-state index contributed by atoms with van der Waals surface area (Å²) in [5.74, 6) is 0. The first kappa shape index (κ1) is 12.1. The van der Waals surface area contributed by atoms with Gasteiger partial charge in [0.25, 0.3) is 0 Å². The monoisotopic (exact) mass is 247 g/mol. The van der Waals surface area contributed by atoms with E-state index in [-0.39, 0.29) is 0 Å². The molecule has 2 nitrogen and oxygen atoms in total. The van der Waals surface area contributed by atoms with Crippen molar-refractivity contribution in [2.45, 2.75) is 20.0 Å². The molecule has 1 unspecified atom stereocenters. The average molecular weight is 247 g/mol. The number of thiophene rings is 1. The van der Waals surface area contributed by atoms with Gasteiger partial charge in [-0.3, -0.25) is 0 Å². The van der Waals surface area contributed by atoms with E-state index < -0.39 is 6.10 Å². The molecule has 2 rings (SSSR count). The molecular formula is C14H17NOS. The van der Waals surface area contributed by atoms with Gasteiger partial charge in [-0.25, -0.2) is 0 Å². The quantitative estimate of drug-likeness (QED) is 0.866. The van der Waals surface area contributed by atoms with Crippen molar-refractivity contribution in [3.8, 4) is 0 Å². The minimum absolute atomic E-state index is 0.435. The number of hydrogen-bond acceptors (Lipinski definition) is 3. The van der Waals surface area contributed by atoms with Crippen LogP contribution in [0.2, 0.25) is 0 Å². The molecule has 0 spiro atoms. The van der Waals surface area contributed by atoms with Gasteiger partial charge < -0.3 is 10.4 Å². The van der Waals surface area contributed by atoms with Crippen LogP contribution in [0.1, 0.15) is 22.1 Å². The second-order valence-corrected chi connectivity index (χ2v) is 5.14. The zero-order chi connectivity index (χ0) is 12.3. The number of aliphatic hydroxyl groups excluding tert-OH is 1. The first-order chi connectivity index (χ1) is 8.18. The molecular weight excluding hydrogens is 230 g/mol. The van der Waals surface area contributed by atoms with Crippen LogP contribution in [0.25, 0.3) is 0 Å². The molecule has 1 aromatic carbocycles. The third kappa shape index (κ3) is 2.87. The SMILES string of the molecule is Cc1cccc(NCC(O)c2cccs2)c1C. The summed E-state index contributed by atoms with van der Waals surface area (Å²) in [7, 11) is 0. The van der Waals surface area contributed by atoms with Crippen LogP contribution in [0.3, 0.4) is 0 Å². The number of benzene rings is 1. The van der Waals surface area contributed by atoms with Gasteiger partial charge in [-0.2, -0.15) is 0 Å². The largest absolute Gasteiger partial charge is 0.386 e. The number of aryl methyl sites for hydroxylation is 1. The van der Waals surface area contributed by atoms with E-state index in [2.05, 4.69) is 25.2 Å². The Balaban J connectivity index is 2.00. The number of hydrogen-bond donors (Lipinski definition) is 2. The smallest absolute Gasteiger partial charge is 0.105 e. The molecule has 17 heavy (non-hydrogen) atoms. The fourth-order valence-electron chi connectivity index (χ4n) is 1.73. The van der Waals surface area contributed by atoms with Crippen molar-refractivity contribution in [3.05, 3.63) is 51.7 Å². The number of aliphatic hydroxyl groups is 1. The average Bonchev–Trinajstić information content (AvgIpc) is 2.84. The van der Waals surface area contributed by atoms with Crippen LogP contribution in [0, 0.1) is 13.8 Å². The van der Waals surface area contributed by atoms with Crippen molar-refractivity contribution in [2.24, 2.45) is 0 Å². The second kappa shape index (κ2) is 5.34. The van der Waals surface area contributed by atoms with Crippen LogP contribution in [-0.4, -0.2) is 11.7 Å². The Bertz CT molecular complexity index is 479. The molecule has 2 aromatic rings. The minimum atomic E-state index is -0.435. The van der Waals surface area contributed by atoms with E-state index in [1.807, 2.05) is 29.6 Å². The van der Waals surface area contributed by atoms with Gasteiger partial charge in [0.15, 0.2) is 0 Å². The van der Waals surface area contributed by atoms with E-state index in [1.54, 1.807) is 11.3 Å². The van der Waals surface area contributed by atoms with E-state index in [9.17, 15) is 5.11 Å². The van der Waals surface area contributed by atoms with Gasteiger partial charge in [-0.05, 0) is 42.5 Å². The molecule has 1 aromatic heterocycles. The molecule has 0 fully saturated rings. The Morgan fingerprint density at radius 2 is 2.06 bits per heavy atom. The predicted molar refractivity (Wildman–Crippen MR) is 73.7 cm³/mol. The predicted octanol–water partition coefficient (Wildman–Crippen LogP) is 3.51. The van der Waals surface area contributed by atoms with Crippen LogP contribution in [0.5, 0.6) is 0 Å². The molecule has 0 saturated carbocycles. The summed E-state index contributed by atoms with van der Waals surface area (Å²) in [5, 5.41) is 15.3. The van der Waals surface area contributed by atoms with Gasteiger partial charge in [-0.15, -0.1) is 11.3 Å². The molecule has 0 bridgehead atoms. The van der Waals surface area contributed by atoms with Crippen LogP contribution >= 0.6 is 11.3 Å². The Morgan fingerprint density at radius 1 is 1.24 bits per heavy atom. The molecule has 1 atom stereocenters. The second-order valence-electron chi connectivity index (χ2n) is 4.16. The van der Waals surface area contributed by atoms with Crippen molar-refractivity contribution in [1.82, 2.24) is 0 Å². The maximum atomic E-state index is 9.98. The molecule has 0 aliphatic rings. The maximum absolute atomic E-state index is 9.98. The highest BCUT2D eigenvalue weighted by Crippen LogP contribution is 2.22. The van der Waals surface area contributed by atoms with Crippen LogP contribution < -0.4 is 5.32 Å². The molecule has 0 aliphatic heterocycles. The molecule has 0 saturated heterocycles. The Morgan fingerprint density at radius 3 is 2.76 bits per heavy atom. The van der Waals surface area contributed by atoms with Gasteiger partial charge in [0.1, 0.15) is 6.10 Å². The van der Waals surface area contributed by atoms with E-state index in [1.165, 1.54) is 11.1 Å². The van der Waals surface area contributed by atoms with Crippen molar-refractivity contribution < 1.29 is 5.11 Å². The minimum Gasteiger partial charge on any atom is -0.386 e. The number of nitrogens with one attached hydrogen (secondary N) is 1. The summed E-state index contributed by atoms with van der Waals surface area (Å²) in [6.07, 6.45) is -0.435. The fourth-order valence-corrected chi connectivity index (χ4v) is 2.44. The van der Waals surface area contributed by atoms with E-state index in [4.69, 9.17) is 0 Å². The van der Waals surface area contributed by atoms with E-state index >= 15 is 0 Å². The van der Waals surface area contributed by atoms with Gasteiger partial charge >= 0.3 is 0 Å². The molecule has 3 heteroatoms. The molecule has 2 N–H and O–H groups in total. The summed E-state index contributed by atoms with van der Waals surface area (Å²) >= 11 is 1.58. The van der Waals surface area contributed by atoms with Crippen LogP contribution in [0.4, 0.5) is 5.69 Å².